The van der Waals surface area contributed by atoms with E-state index in [0.717, 1.165) is 23.0 Å². The van der Waals surface area contributed by atoms with Crippen molar-refractivity contribution in [2.45, 2.75) is 6.54 Å². The van der Waals surface area contributed by atoms with Crippen LogP contribution >= 0.6 is 11.8 Å². The summed E-state index contributed by atoms with van der Waals surface area (Å²) in [5.74, 6) is -1.04. The van der Waals surface area contributed by atoms with Crippen molar-refractivity contribution >= 4 is 23.6 Å². The summed E-state index contributed by atoms with van der Waals surface area (Å²) in [6.07, 6.45) is 3.53. The van der Waals surface area contributed by atoms with Crippen LogP contribution in [0, 0.1) is 0 Å². The highest BCUT2D eigenvalue weighted by atomic mass is 32.2. The molecule has 110 valence electrons. The van der Waals surface area contributed by atoms with Crippen LogP contribution in [0.5, 0.6) is 0 Å². The first kappa shape index (κ1) is 15.1. The summed E-state index contributed by atoms with van der Waals surface area (Å²) in [6, 6.07) is 9.48. The summed E-state index contributed by atoms with van der Waals surface area (Å²) in [5, 5.41) is 15.5. The van der Waals surface area contributed by atoms with Crippen LogP contribution in [0.3, 0.4) is 0 Å². The van der Waals surface area contributed by atoms with Crippen LogP contribution < -0.4 is 5.32 Å². The lowest BCUT2D eigenvalue weighted by Gasteiger charge is -2.10. The van der Waals surface area contributed by atoms with Crippen molar-refractivity contribution in [1.29, 1.82) is 0 Å². The number of benzene rings is 1. The predicted octanol–water partition coefficient (Wildman–Crippen LogP) is 1.31. The summed E-state index contributed by atoms with van der Waals surface area (Å²) < 4.78 is 1.74. The SMILES string of the molecule is O=C(O)CSCC(=O)NCc1ccccc1-n1cccn1. The highest BCUT2D eigenvalue weighted by Gasteiger charge is 2.07. The molecule has 0 spiro atoms. The number of hydrogen-bond donors (Lipinski definition) is 2. The van der Waals surface area contributed by atoms with E-state index in [4.69, 9.17) is 5.11 Å². The molecular formula is C14H15N3O3S. The molecule has 2 aromatic rings. The molecule has 1 heterocycles. The third-order valence-electron chi connectivity index (χ3n) is 2.68. The Hall–Kier alpha value is -2.28. The maximum absolute atomic E-state index is 11.6. The molecule has 0 unspecified atom stereocenters. The van der Waals surface area contributed by atoms with E-state index in [1.807, 2.05) is 36.5 Å². The van der Waals surface area contributed by atoms with Crippen molar-refractivity contribution in [2.24, 2.45) is 0 Å². The van der Waals surface area contributed by atoms with Gasteiger partial charge in [0.1, 0.15) is 0 Å². The minimum Gasteiger partial charge on any atom is -0.481 e. The van der Waals surface area contributed by atoms with E-state index in [1.54, 1.807) is 10.9 Å². The van der Waals surface area contributed by atoms with E-state index in [0.29, 0.717) is 6.54 Å². The molecule has 1 aromatic heterocycles. The van der Waals surface area contributed by atoms with E-state index in [9.17, 15) is 9.59 Å². The topological polar surface area (TPSA) is 84.2 Å². The van der Waals surface area contributed by atoms with Crippen LogP contribution in [0.1, 0.15) is 5.56 Å². The Labute approximate surface area is 126 Å². The number of thioether (sulfide) groups is 1. The molecule has 0 radical (unpaired) electrons. The summed E-state index contributed by atoms with van der Waals surface area (Å²) >= 11 is 1.08. The monoisotopic (exact) mass is 305 g/mol. The van der Waals surface area contributed by atoms with E-state index in [-0.39, 0.29) is 17.4 Å². The fourth-order valence-corrected chi connectivity index (χ4v) is 2.34. The molecule has 2 rings (SSSR count). The van der Waals surface area contributed by atoms with Crippen molar-refractivity contribution in [3.05, 3.63) is 48.3 Å². The third kappa shape index (κ3) is 4.64. The number of para-hydroxylation sites is 1. The van der Waals surface area contributed by atoms with Crippen molar-refractivity contribution in [1.82, 2.24) is 15.1 Å². The quantitative estimate of drug-likeness (QED) is 0.805. The zero-order chi connectivity index (χ0) is 15.1. The second-order valence-corrected chi connectivity index (χ2v) is 5.23. The Morgan fingerprint density at radius 2 is 2.05 bits per heavy atom. The number of aromatic nitrogens is 2. The lowest BCUT2D eigenvalue weighted by atomic mass is 10.2. The van der Waals surface area contributed by atoms with Crippen LogP contribution in [0.4, 0.5) is 0 Å². The van der Waals surface area contributed by atoms with Gasteiger partial charge >= 0.3 is 5.97 Å². The molecule has 1 amide bonds. The minimum absolute atomic E-state index is 0.0721. The molecule has 0 fully saturated rings. The molecule has 0 aliphatic carbocycles. The second-order valence-electron chi connectivity index (χ2n) is 4.24. The molecule has 0 saturated heterocycles. The van der Waals surface area contributed by atoms with Gasteiger partial charge in [-0.2, -0.15) is 5.10 Å². The number of rotatable bonds is 7. The van der Waals surface area contributed by atoms with Gasteiger partial charge in [0.2, 0.25) is 5.91 Å². The standard InChI is InChI=1S/C14H15N3O3S/c18-13(9-21-10-14(19)20)15-8-11-4-1-2-5-12(11)17-7-3-6-16-17/h1-7H,8-10H2,(H,15,18)(H,19,20). The first-order chi connectivity index (χ1) is 10.2. The van der Waals surface area contributed by atoms with Crippen molar-refractivity contribution in [2.75, 3.05) is 11.5 Å². The maximum atomic E-state index is 11.6. The van der Waals surface area contributed by atoms with E-state index in [1.165, 1.54) is 0 Å². The number of nitrogens with one attached hydrogen (secondary N) is 1. The van der Waals surface area contributed by atoms with Gasteiger partial charge in [-0.3, -0.25) is 9.59 Å². The molecule has 0 aliphatic heterocycles. The van der Waals surface area contributed by atoms with Gasteiger partial charge in [0.05, 0.1) is 17.2 Å². The number of carbonyl (C=O) groups is 2. The summed E-state index contributed by atoms with van der Waals surface area (Å²) in [6.45, 7) is 0.377. The largest absolute Gasteiger partial charge is 0.481 e. The second kappa shape index (κ2) is 7.49. The zero-order valence-corrected chi connectivity index (χ0v) is 12.0. The van der Waals surface area contributed by atoms with Crippen LogP contribution in [-0.4, -0.2) is 38.3 Å². The van der Waals surface area contributed by atoms with Crippen molar-refractivity contribution in [3.8, 4) is 5.69 Å². The Balaban J connectivity index is 1.92. The highest BCUT2D eigenvalue weighted by Crippen LogP contribution is 2.13. The smallest absolute Gasteiger partial charge is 0.313 e. The van der Waals surface area contributed by atoms with Crippen LogP contribution in [-0.2, 0) is 16.1 Å². The average molecular weight is 305 g/mol. The fourth-order valence-electron chi connectivity index (χ4n) is 1.77. The molecule has 7 heteroatoms. The lowest BCUT2D eigenvalue weighted by molar-refractivity contribution is -0.133. The Morgan fingerprint density at radius 3 is 2.76 bits per heavy atom. The molecule has 0 saturated carbocycles. The predicted molar refractivity (Wildman–Crippen MR) is 80.4 cm³/mol. The van der Waals surface area contributed by atoms with Gasteiger partial charge in [-0.1, -0.05) is 18.2 Å². The van der Waals surface area contributed by atoms with Gasteiger partial charge in [-0.25, -0.2) is 4.68 Å². The zero-order valence-electron chi connectivity index (χ0n) is 11.2. The van der Waals surface area contributed by atoms with Gasteiger partial charge < -0.3 is 10.4 Å². The van der Waals surface area contributed by atoms with Gasteiger partial charge in [0, 0.05) is 18.9 Å². The maximum Gasteiger partial charge on any atom is 0.313 e. The fraction of sp³-hybridized carbons (Fsp3) is 0.214. The van der Waals surface area contributed by atoms with E-state index >= 15 is 0 Å². The van der Waals surface area contributed by atoms with Gasteiger partial charge in [-0.05, 0) is 17.7 Å². The van der Waals surface area contributed by atoms with Crippen molar-refractivity contribution < 1.29 is 14.7 Å². The number of carboxylic acids is 1. The highest BCUT2D eigenvalue weighted by molar-refractivity contribution is 8.00. The van der Waals surface area contributed by atoms with Crippen LogP contribution in [0.25, 0.3) is 5.69 Å². The molecule has 0 aliphatic rings. The van der Waals surface area contributed by atoms with Crippen LogP contribution in [0.2, 0.25) is 0 Å². The van der Waals surface area contributed by atoms with E-state index < -0.39 is 5.97 Å². The number of nitrogens with zero attached hydrogens (tertiary/aromatic N) is 2. The summed E-state index contributed by atoms with van der Waals surface area (Å²) in [5.41, 5.74) is 1.85. The number of aliphatic carboxylic acids is 1. The van der Waals surface area contributed by atoms with Crippen LogP contribution in [0.15, 0.2) is 42.7 Å². The van der Waals surface area contributed by atoms with Crippen molar-refractivity contribution in [3.63, 3.8) is 0 Å². The van der Waals surface area contributed by atoms with Gasteiger partial charge in [-0.15, -0.1) is 11.8 Å². The molecular weight excluding hydrogens is 290 g/mol. The molecule has 0 atom stereocenters. The number of hydrogen-bond acceptors (Lipinski definition) is 4. The Morgan fingerprint density at radius 1 is 1.24 bits per heavy atom. The first-order valence-electron chi connectivity index (χ1n) is 6.31. The molecule has 6 nitrogen and oxygen atoms in total. The average Bonchev–Trinajstić information content (AvgIpc) is 2.99. The molecule has 1 aromatic carbocycles. The number of carbonyl (C=O) groups excluding carboxylic acids is 1. The lowest BCUT2D eigenvalue weighted by Crippen LogP contribution is -2.25. The van der Waals surface area contributed by atoms with Gasteiger partial charge in [0.25, 0.3) is 0 Å². The normalized spacial score (nSPS) is 10.3. The Bertz CT molecular complexity index is 614. The molecule has 21 heavy (non-hydrogen) atoms. The minimum atomic E-state index is -0.920. The third-order valence-corrected chi connectivity index (χ3v) is 3.59. The summed E-state index contributed by atoms with van der Waals surface area (Å²) in [7, 11) is 0. The number of carboxylic acid groups (broad SMARTS) is 1. The van der Waals surface area contributed by atoms with Gasteiger partial charge in [0.15, 0.2) is 0 Å². The Kier molecular flexibility index (Phi) is 5.39. The molecule has 0 bridgehead atoms. The summed E-state index contributed by atoms with van der Waals surface area (Å²) in [4.78, 5) is 22.0. The van der Waals surface area contributed by atoms with E-state index in [2.05, 4.69) is 10.4 Å². The number of amides is 1. The first-order valence-corrected chi connectivity index (χ1v) is 7.46. The molecule has 2 N–H and O–H groups in total.